The zero-order chi connectivity index (χ0) is 25.8. The maximum atomic E-state index is 13.3. The highest BCUT2D eigenvalue weighted by Crippen LogP contribution is 2.18. The van der Waals surface area contributed by atoms with Crippen molar-refractivity contribution in [3.8, 4) is 11.4 Å². The lowest BCUT2D eigenvalue weighted by Crippen LogP contribution is -2.33. The van der Waals surface area contributed by atoms with Gasteiger partial charge in [0.15, 0.2) is 10.5 Å². The lowest BCUT2D eigenvalue weighted by atomic mass is 10.3. The molecule has 0 spiro atoms. The van der Waals surface area contributed by atoms with Gasteiger partial charge in [-0.15, -0.1) is 6.58 Å². The van der Waals surface area contributed by atoms with Gasteiger partial charge in [-0.05, 0) is 43.3 Å². The quantitative estimate of drug-likeness (QED) is 0.391. The summed E-state index contributed by atoms with van der Waals surface area (Å²) in [6, 6.07) is 17.3. The van der Waals surface area contributed by atoms with Crippen LogP contribution < -0.4 is 26.0 Å². The molecule has 1 N–H and O–H groups in total. The Morgan fingerprint density at radius 3 is 2.47 bits per heavy atom. The third kappa shape index (κ3) is 4.84. The van der Waals surface area contributed by atoms with E-state index < -0.39 is 11.5 Å². The van der Waals surface area contributed by atoms with Gasteiger partial charge in [-0.25, -0.2) is 9.67 Å². The zero-order valence-electron chi connectivity index (χ0n) is 20.1. The summed E-state index contributed by atoms with van der Waals surface area (Å²) in [5.41, 5.74) is 1.27. The molecule has 9 nitrogen and oxygen atoms in total. The van der Waals surface area contributed by atoms with E-state index in [4.69, 9.17) is 4.74 Å². The number of allylic oxidation sites excluding steroid dienone is 1. The van der Waals surface area contributed by atoms with Gasteiger partial charge in [-0.3, -0.25) is 23.6 Å². The minimum atomic E-state index is -0.462. The highest BCUT2D eigenvalue weighted by Gasteiger charge is 2.17. The van der Waals surface area contributed by atoms with Crippen molar-refractivity contribution in [2.45, 2.75) is 13.5 Å². The number of hydrogen-bond acceptors (Lipinski definition) is 6. The number of ether oxygens (including phenoxy) is 1. The van der Waals surface area contributed by atoms with E-state index in [1.165, 1.54) is 15.3 Å². The van der Waals surface area contributed by atoms with Crippen LogP contribution in [-0.4, -0.2) is 26.9 Å². The Hall–Kier alpha value is -4.44. The van der Waals surface area contributed by atoms with E-state index in [2.05, 4.69) is 16.9 Å². The molecule has 0 saturated carbocycles. The summed E-state index contributed by atoms with van der Waals surface area (Å²) in [5, 5.41) is 2.77. The average molecular weight is 504 g/mol. The van der Waals surface area contributed by atoms with Gasteiger partial charge in [0.05, 0.1) is 18.5 Å². The largest absolute Gasteiger partial charge is 0.497 e. The predicted molar refractivity (Wildman–Crippen MR) is 141 cm³/mol. The van der Waals surface area contributed by atoms with E-state index in [1.807, 2.05) is 30.3 Å². The van der Waals surface area contributed by atoms with E-state index in [9.17, 15) is 14.4 Å². The number of rotatable bonds is 7. The first-order valence-electron chi connectivity index (χ1n) is 11.0. The summed E-state index contributed by atoms with van der Waals surface area (Å²) < 4.78 is 9.73. The number of nitrogens with zero attached hydrogens (tertiary/aromatic N) is 4. The molecule has 2 heterocycles. The lowest BCUT2D eigenvalue weighted by Gasteiger charge is -2.08. The van der Waals surface area contributed by atoms with Crippen LogP contribution in [0, 0.1) is 6.92 Å². The molecule has 0 saturated heterocycles. The maximum absolute atomic E-state index is 13.3. The Kier molecular flexibility index (Phi) is 7.16. The van der Waals surface area contributed by atoms with Gasteiger partial charge >= 0.3 is 0 Å². The Morgan fingerprint density at radius 2 is 1.83 bits per heavy atom. The Morgan fingerprint density at radius 1 is 1.14 bits per heavy atom. The van der Waals surface area contributed by atoms with Crippen LogP contribution in [0.5, 0.6) is 5.75 Å². The van der Waals surface area contributed by atoms with Gasteiger partial charge in [0.2, 0.25) is 0 Å². The first kappa shape index (κ1) is 24.7. The van der Waals surface area contributed by atoms with Crippen LogP contribution in [0.1, 0.15) is 15.4 Å². The van der Waals surface area contributed by atoms with Gasteiger partial charge in [-0.2, -0.15) is 0 Å². The molecule has 2 aromatic heterocycles. The topological polar surface area (TPSA) is 99.6 Å². The van der Waals surface area contributed by atoms with Crippen molar-refractivity contribution >= 4 is 28.6 Å². The Labute approximate surface area is 210 Å². The number of hydrogen-bond donors (Lipinski definition) is 1. The molecule has 1 amide bonds. The summed E-state index contributed by atoms with van der Waals surface area (Å²) in [7, 11) is 3.32. The van der Waals surface area contributed by atoms with Crippen molar-refractivity contribution in [3.63, 3.8) is 0 Å². The van der Waals surface area contributed by atoms with Crippen molar-refractivity contribution in [1.82, 2.24) is 13.9 Å². The molecular formula is C26H25N5O4S. The third-order valence-corrected chi connectivity index (χ3v) is 6.58. The van der Waals surface area contributed by atoms with Crippen LogP contribution >= 0.6 is 11.3 Å². The molecule has 184 valence electrons. The molecule has 10 heteroatoms. The number of para-hydroxylation sites is 1. The molecule has 0 atom stereocenters. The van der Waals surface area contributed by atoms with E-state index in [-0.39, 0.29) is 27.5 Å². The number of aromatic nitrogens is 3. The average Bonchev–Trinajstić information content (AvgIpc) is 3.09. The van der Waals surface area contributed by atoms with Crippen LogP contribution in [0.2, 0.25) is 0 Å². The monoisotopic (exact) mass is 503 g/mol. The van der Waals surface area contributed by atoms with Crippen LogP contribution in [0.3, 0.4) is 0 Å². The van der Waals surface area contributed by atoms with E-state index in [0.29, 0.717) is 22.8 Å². The second kappa shape index (κ2) is 10.4. The molecule has 0 aliphatic rings. The van der Waals surface area contributed by atoms with Gasteiger partial charge in [-0.1, -0.05) is 35.6 Å². The first-order chi connectivity index (χ1) is 17.3. The maximum Gasteiger partial charge on any atom is 0.297 e. The smallest absolute Gasteiger partial charge is 0.297 e. The fraction of sp³-hybridized carbons (Fsp3) is 0.154. The molecule has 4 rings (SSSR count). The Balaban J connectivity index is 1.83. The number of carbonyl (C=O) groups excluding carboxylic acids is 1. The van der Waals surface area contributed by atoms with Crippen molar-refractivity contribution in [2.24, 2.45) is 12.0 Å². The molecule has 0 unspecified atom stereocenters. The summed E-state index contributed by atoms with van der Waals surface area (Å²) in [6.45, 7) is 5.66. The molecule has 0 bridgehead atoms. The number of nitrogens with one attached hydrogen (secondary N) is 1. The molecule has 0 fully saturated rings. The summed E-state index contributed by atoms with van der Waals surface area (Å²) >= 11 is 1.02. The molecule has 0 aliphatic heterocycles. The van der Waals surface area contributed by atoms with Crippen LogP contribution in [0.15, 0.2) is 87.9 Å². The summed E-state index contributed by atoms with van der Waals surface area (Å²) in [4.78, 5) is 44.2. The van der Waals surface area contributed by atoms with Crippen LogP contribution in [0.4, 0.5) is 11.4 Å². The highest BCUT2D eigenvalue weighted by atomic mass is 32.1. The lowest BCUT2D eigenvalue weighted by molar-refractivity contribution is 0.103. The molecule has 2 aromatic carbocycles. The fourth-order valence-electron chi connectivity index (χ4n) is 3.61. The second-order valence-corrected chi connectivity index (χ2v) is 8.84. The molecular weight excluding hydrogens is 478 g/mol. The number of anilines is 1. The van der Waals surface area contributed by atoms with Crippen molar-refractivity contribution in [1.29, 1.82) is 0 Å². The first-order valence-corrected chi connectivity index (χ1v) is 11.9. The standard InChI is InChI=1S/C26H25N5O4S/c1-5-15-30-22(32)16-21(24(33)27-18-11-13-20(35-4)14-12-18)36-26(30)28-23-17(2)29(3)31(25(23)34)19-9-7-6-8-10-19/h5-14,16H,1,15H2,2-4H3,(H,27,33). The van der Waals surface area contributed by atoms with Gasteiger partial charge in [0.1, 0.15) is 10.6 Å². The minimum absolute atomic E-state index is 0.159. The van der Waals surface area contributed by atoms with Crippen molar-refractivity contribution < 1.29 is 9.53 Å². The molecule has 4 aromatic rings. The summed E-state index contributed by atoms with van der Waals surface area (Å²) in [6.07, 6.45) is 1.56. The van der Waals surface area contributed by atoms with Crippen molar-refractivity contribution in [3.05, 3.63) is 109 Å². The molecule has 36 heavy (non-hydrogen) atoms. The fourth-order valence-corrected chi connectivity index (χ4v) is 4.52. The van der Waals surface area contributed by atoms with E-state index >= 15 is 0 Å². The predicted octanol–water partition coefficient (Wildman–Crippen LogP) is 3.39. The van der Waals surface area contributed by atoms with E-state index in [0.717, 1.165) is 11.3 Å². The number of methoxy groups -OCH3 is 1. The molecule has 0 aliphatic carbocycles. The second-order valence-electron chi connectivity index (χ2n) is 7.84. The van der Waals surface area contributed by atoms with Crippen molar-refractivity contribution in [2.75, 3.05) is 12.4 Å². The normalized spacial score (nSPS) is 11.4. The van der Waals surface area contributed by atoms with Crippen LogP contribution in [0.25, 0.3) is 5.69 Å². The Bertz CT molecular complexity index is 1610. The van der Waals surface area contributed by atoms with E-state index in [1.54, 1.807) is 56.1 Å². The molecule has 0 radical (unpaired) electrons. The van der Waals surface area contributed by atoms with Crippen LogP contribution in [-0.2, 0) is 13.6 Å². The zero-order valence-corrected chi connectivity index (χ0v) is 20.9. The van der Waals surface area contributed by atoms with Gasteiger partial charge < -0.3 is 10.1 Å². The SMILES string of the molecule is C=CCn1c(=O)cc(C(=O)Nc2ccc(OC)cc2)sc1=Nc1c(C)n(C)n(-c2ccccc2)c1=O. The summed E-state index contributed by atoms with van der Waals surface area (Å²) in [5.74, 6) is 0.194. The van der Waals surface area contributed by atoms with Gasteiger partial charge in [0, 0.05) is 25.3 Å². The van der Waals surface area contributed by atoms with Gasteiger partial charge in [0.25, 0.3) is 17.0 Å². The number of amides is 1. The number of carbonyl (C=O) groups is 1. The highest BCUT2D eigenvalue weighted by molar-refractivity contribution is 7.11. The number of benzene rings is 2. The third-order valence-electron chi connectivity index (χ3n) is 5.57. The minimum Gasteiger partial charge on any atom is -0.497 e.